The zero-order chi connectivity index (χ0) is 13.1. The summed E-state index contributed by atoms with van der Waals surface area (Å²) in [7, 11) is 0. The lowest BCUT2D eigenvalue weighted by molar-refractivity contribution is 1.05. The van der Waals surface area contributed by atoms with Crippen molar-refractivity contribution in [3.05, 3.63) is 34.1 Å². The molecule has 0 fully saturated rings. The number of aryl methyl sites for hydroxylation is 2. The largest absolute Gasteiger partial charge is 0.369 e. The maximum absolute atomic E-state index is 4.52. The molecular formula is C13H15BrN4. The minimum Gasteiger partial charge on any atom is -0.369 e. The second kappa shape index (κ2) is 5.44. The molecule has 0 unspecified atom stereocenters. The van der Waals surface area contributed by atoms with Crippen LogP contribution in [0.15, 0.2) is 22.8 Å². The minimum atomic E-state index is 0.657. The molecule has 0 aromatic carbocycles. The van der Waals surface area contributed by atoms with Gasteiger partial charge in [-0.3, -0.25) is 4.98 Å². The van der Waals surface area contributed by atoms with Crippen LogP contribution in [0.3, 0.4) is 0 Å². The standard InChI is InChI=1S/C13H15BrN4/c1-4-15-12-10(14)9(3)17-13(18-12)11-8(2)6-5-7-16-11/h5-7H,4H2,1-3H3,(H,15,17,18). The van der Waals surface area contributed by atoms with Crippen LogP contribution in [-0.2, 0) is 0 Å². The fraction of sp³-hybridized carbons (Fsp3) is 0.308. The Balaban J connectivity index is 2.56. The van der Waals surface area contributed by atoms with Gasteiger partial charge in [0.05, 0.1) is 10.2 Å². The first kappa shape index (κ1) is 13.0. The summed E-state index contributed by atoms with van der Waals surface area (Å²) >= 11 is 3.50. The molecule has 5 heteroatoms. The van der Waals surface area contributed by atoms with Crippen LogP contribution in [0, 0.1) is 13.8 Å². The Morgan fingerprint density at radius 3 is 2.72 bits per heavy atom. The highest BCUT2D eigenvalue weighted by atomic mass is 79.9. The molecule has 1 N–H and O–H groups in total. The number of hydrogen-bond acceptors (Lipinski definition) is 4. The second-order valence-electron chi connectivity index (χ2n) is 3.99. The Kier molecular flexibility index (Phi) is 3.91. The first-order valence-corrected chi connectivity index (χ1v) is 6.62. The monoisotopic (exact) mass is 306 g/mol. The molecule has 4 nitrogen and oxygen atoms in total. The van der Waals surface area contributed by atoms with Crippen molar-refractivity contribution in [1.29, 1.82) is 0 Å². The summed E-state index contributed by atoms with van der Waals surface area (Å²) < 4.78 is 0.904. The van der Waals surface area contributed by atoms with Crippen LogP contribution in [0.2, 0.25) is 0 Å². The topological polar surface area (TPSA) is 50.7 Å². The number of rotatable bonds is 3. The van der Waals surface area contributed by atoms with Crippen molar-refractivity contribution >= 4 is 21.7 Å². The van der Waals surface area contributed by atoms with Crippen molar-refractivity contribution in [2.24, 2.45) is 0 Å². The predicted octanol–water partition coefficient (Wildman–Crippen LogP) is 3.35. The summed E-state index contributed by atoms with van der Waals surface area (Å²) in [4.78, 5) is 13.4. The van der Waals surface area contributed by atoms with E-state index in [0.29, 0.717) is 5.82 Å². The maximum atomic E-state index is 4.52. The van der Waals surface area contributed by atoms with Gasteiger partial charge in [0.1, 0.15) is 11.5 Å². The normalized spacial score (nSPS) is 10.4. The van der Waals surface area contributed by atoms with Gasteiger partial charge >= 0.3 is 0 Å². The molecule has 0 saturated heterocycles. The fourth-order valence-corrected chi connectivity index (χ4v) is 1.99. The van der Waals surface area contributed by atoms with Gasteiger partial charge in [-0.1, -0.05) is 6.07 Å². The average molecular weight is 307 g/mol. The number of aromatic nitrogens is 3. The Morgan fingerprint density at radius 1 is 1.28 bits per heavy atom. The highest BCUT2D eigenvalue weighted by molar-refractivity contribution is 9.10. The highest BCUT2D eigenvalue weighted by Crippen LogP contribution is 2.26. The number of hydrogen-bond donors (Lipinski definition) is 1. The van der Waals surface area contributed by atoms with Gasteiger partial charge in [0, 0.05) is 12.7 Å². The van der Waals surface area contributed by atoms with Crippen molar-refractivity contribution in [2.75, 3.05) is 11.9 Å². The molecule has 0 aliphatic rings. The molecule has 94 valence electrons. The summed E-state index contributed by atoms with van der Waals surface area (Å²) in [6.07, 6.45) is 1.76. The van der Waals surface area contributed by atoms with Gasteiger partial charge in [-0.2, -0.15) is 0 Å². The Labute approximate surface area is 115 Å². The summed E-state index contributed by atoms with van der Waals surface area (Å²) in [5, 5.41) is 3.22. The van der Waals surface area contributed by atoms with Crippen LogP contribution < -0.4 is 5.32 Å². The lowest BCUT2D eigenvalue weighted by Gasteiger charge is -2.10. The van der Waals surface area contributed by atoms with E-state index in [1.54, 1.807) is 6.20 Å². The first-order valence-electron chi connectivity index (χ1n) is 5.83. The van der Waals surface area contributed by atoms with E-state index >= 15 is 0 Å². The third-order valence-electron chi connectivity index (χ3n) is 2.58. The molecule has 2 aromatic rings. The molecule has 2 rings (SSSR count). The van der Waals surface area contributed by atoms with Gasteiger partial charge in [0.2, 0.25) is 0 Å². The Hall–Kier alpha value is -1.49. The smallest absolute Gasteiger partial charge is 0.180 e. The van der Waals surface area contributed by atoms with Crippen LogP contribution in [0.5, 0.6) is 0 Å². The highest BCUT2D eigenvalue weighted by Gasteiger charge is 2.12. The minimum absolute atomic E-state index is 0.657. The van der Waals surface area contributed by atoms with Crippen LogP contribution in [0.25, 0.3) is 11.5 Å². The summed E-state index contributed by atoms with van der Waals surface area (Å²) in [5.74, 6) is 1.47. The van der Waals surface area contributed by atoms with Crippen molar-refractivity contribution in [2.45, 2.75) is 20.8 Å². The fourth-order valence-electron chi connectivity index (χ4n) is 1.67. The van der Waals surface area contributed by atoms with E-state index in [-0.39, 0.29) is 0 Å². The zero-order valence-electron chi connectivity index (χ0n) is 10.7. The maximum Gasteiger partial charge on any atom is 0.180 e. The van der Waals surface area contributed by atoms with Gasteiger partial charge in [-0.15, -0.1) is 0 Å². The van der Waals surface area contributed by atoms with E-state index in [0.717, 1.165) is 33.8 Å². The van der Waals surface area contributed by atoms with Crippen molar-refractivity contribution in [1.82, 2.24) is 15.0 Å². The summed E-state index contributed by atoms with van der Waals surface area (Å²) in [5.41, 5.74) is 2.80. The van der Waals surface area contributed by atoms with Crippen LogP contribution in [-0.4, -0.2) is 21.5 Å². The quantitative estimate of drug-likeness (QED) is 0.945. The lowest BCUT2D eigenvalue weighted by atomic mass is 10.2. The molecule has 0 aliphatic carbocycles. The number of halogens is 1. The van der Waals surface area contributed by atoms with E-state index in [1.165, 1.54) is 0 Å². The molecule has 0 atom stereocenters. The molecular weight excluding hydrogens is 292 g/mol. The van der Waals surface area contributed by atoms with Crippen LogP contribution in [0.1, 0.15) is 18.2 Å². The zero-order valence-corrected chi connectivity index (χ0v) is 12.2. The van der Waals surface area contributed by atoms with Gasteiger partial charge in [0.15, 0.2) is 5.82 Å². The molecule has 18 heavy (non-hydrogen) atoms. The second-order valence-corrected chi connectivity index (χ2v) is 4.79. The molecule has 0 bridgehead atoms. The third kappa shape index (κ3) is 2.51. The van der Waals surface area contributed by atoms with Gasteiger partial charge in [-0.25, -0.2) is 9.97 Å². The molecule has 0 saturated carbocycles. The van der Waals surface area contributed by atoms with Crippen molar-refractivity contribution < 1.29 is 0 Å². The molecule has 0 spiro atoms. The Bertz CT molecular complexity index is 569. The molecule has 0 radical (unpaired) electrons. The molecule has 2 aromatic heterocycles. The van der Waals surface area contributed by atoms with Crippen LogP contribution in [0.4, 0.5) is 5.82 Å². The van der Waals surface area contributed by atoms with Gasteiger partial charge in [0.25, 0.3) is 0 Å². The number of anilines is 1. The van der Waals surface area contributed by atoms with E-state index in [1.807, 2.05) is 32.9 Å². The first-order chi connectivity index (χ1) is 8.63. The van der Waals surface area contributed by atoms with Crippen molar-refractivity contribution in [3.63, 3.8) is 0 Å². The molecule has 0 amide bonds. The molecule has 0 aliphatic heterocycles. The number of nitrogens with one attached hydrogen (secondary N) is 1. The van der Waals surface area contributed by atoms with E-state index in [2.05, 4.69) is 36.2 Å². The SMILES string of the molecule is CCNc1nc(-c2ncccc2C)nc(C)c1Br. The predicted molar refractivity (Wildman–Crippen MR) is 76.6 cm³/mol. The third-order valence-corrected chi connectivity index (χ3v) is 3.53. The lowest BCUT2D eigenvalue weighted by Crippen LogP contribution is -2.05. The Morgan fingerprint density at radius 2 is 2.06 bits per heavy atom. The van der Waals surface area contributed by atoms with E-state index in [4.69, 9.17) is 0 Å². The van der Waals surface area contributed by atoms with Crippen LogP contribution >= 0.6 is 15.9 Å². The average Bonchev–Trinajstić information content (AvgIpc) is 2.35. The number of pyridine rings is 1. The number of nitrogens with zero attached hydrogens (tertiary/aromatic N) is 3. The summed E-state index contributed by atoms with van der Waals surface area (Å²) in [6.45, 7) is 6.82. The summed E-state index contributed by atoms with van der Waals surface area (Å²) in [6, 6.07) is 3.92. The van der Waals surface area contributed by atoms with E-state index in [9.17, 15) is 0 Å². The molecule has 2 heterocycles. The van der Waals surface area contributed by atoms with Gasteiger partial charge < -0.3 is 5.32 Å². The van der Waals surface area contributed by atoms with E-state index < -0.39 is 0 Å². The van der Waals surface area contributed by atoms with Crippen molar-refractivity contribution in [3.8, 4) is 11.5 Å². The van der Waals surface area contributed by atoms with Gasteiger partial charge in [-0.05, 0) is 48.3 Å².